The number of hydrogen-bond donors (Lipinski definition) is 0. The van der Waals surface area contributed by atoms with E-state index in [9.17, 15) is 0 Å². The molecule has 1 heteroatoms. The summed E-state index contributed by atoms with van der Waals surface area (Å²) in [6.45, 7) is 9.52. The highest BCUT2D eigenvalue weighted by molar-refractivity contribution is 6.00. The number of benzene rings is 8. The van der Waals surface area contributed by atoms with E-state index in [2.05, 4.69) is 209 Å². The van der Waals surface area contributed by atoms with Gasteiger partial charge in [0.15, 0.2) is 0 Å². The van der Waals surface area contributed by atoms with Gasteiger partial charge >= 0.3 is 0 Å². The molecule has 1 spiro atoms. The minimum Gasteiger partial charge on any atom is -0.309 e. The summed E-state index contributed by atoms with van der Waals surface area (Å²) in [4.78, 5) is 2.58. The van der Waals surface area contributed by atoms with Crippen molar-refractivity contribution in [2.45, 2.75) is 76.0 Å². The lowest BCUT2D eigenvalue weighted by Gasteiger charge is -2.36. The number of anilines is 3. The van der Waals surface area contributed by atoms with Crippen molar-refractivity contribution >= 4 is 17.1 Å². The minimum atomic E-state index is -0.134. The van der Waals surface area contributed by atoms with Crippen LogP contribution in [-0.4, -0.2) is 0 Å². The first kappa shape index (κ1) is 36.4. The number of rotatable bonds is 5. The van der Waals surface area contributed by atoms with Crippen LogP contribution in [-0.2, 0) is 16.2 Å². The molecule has 0 heterocycles. The highest BCUT2D eigenvalue weighted by Gasteiger charge is 2.45. The van der Waals surface area contributed by atoms with Crippen LogP contribution in [0.3, 0.4) is 0 Å². The molecule has 0 atom stereocenters. The van der Waals surface area contributed by atoms with Gasteiger partial charge in [-0.3, -0.25) is 0 Å². The van der Waals surface area contributed by atoms with E-state index >= 15 is 0 Å². The van der Waals surface area contributed by atoms with Crippen LogP contribution in [0, 0.1) is 0 Å². The van der Waals surface area contributed by atoms with Gasteiger partial charge in [0.2, 0.25) is 0 Å². The summed E-state index contributed by atoms with van der Waals surface area (Å²) < 4.78 is 0. The maximum absolute atomic E-state index is 2.58. The highest BCUT2D eigenvalue weighted by atomic mass is 15.1. The fraction of sp³-hybridized carbons (Fsp3) is 0.200. The number of nitrogens with zero attached hydrogens (tertiary/aromatic N) is 1. The molecule has 296 valence electrons. The molecule has 0 unspecified atom stereocenters. The van der Waals surface area contributed by atoms with Gasteiger partial charge in [-0.15, -0.1) is 0 Å². The van der Waals surface area contributed by atoms with Crippen LogP contribution in [0.25, 0.3) is 55.6 Å². The highest BCUT2D eigenvalue weighted by Crippen LogP contribution is 2.59. The first-order chi connectivity index (χ1) is 29.8. The fourth-order valence-electron chi connectivity index (χ4n) is 12.4. The predicted molar refractivity (Wildman–Crippen MR) is 256 cm³/mol. The molecule has 61 heavy (non-hydrogen) atoms. The summed E-state index contributed by atoms with van der Waals surface area (Å²) in [6.07, 6.45) is 6.33. The topological polar surface area (TPSA) is 3.24 Å². The molecule has 0 aromatic heterocycles. The van der Waals surface area contributed by atoms with Crippen LogP contribution in [0.1, 0.15) is 93.2 Å². The Bertz CT molecular complexity index is 3080. The van der Waals surface area contributed by atoms with E-state index in [1.54, 1.807) is 0 Å². The van der Waals surface area contributed by atoms with Gasteiger partial charge in [-0.05, 0) is 121 Å². The van der Waals surface area contributed by atoms with E-state index < -0.39 is 0 Å². The van der Waals surface area contributed by atoms with Gasteiger partial charge in [0.25, 0.3) is 0 Å². The van der Waals surface area contributed by atoms with Gasteiger partial charge in [0.05, 0.1) is 11.4 Å². The van der Waals surface area contributed by atoms with E-state index in [0.29, 0.717) is 0 Å². The Kier molecular flexibility index (Phi) is 7.93. The van der Waals surface area contributed by atoms with E-state index in [4.69, 9.17) is 0 Å². The molecule has 1 fully saturated rings. The van der Waals surface area contributed by atoms with Crippen LogP contribution in [0.5, 0.6) is 0 Å². The van der Waals surface area contributed by atoms with Crippen LogP contribution < -0.4 is 4.90 Å². The first-order valence-electron chi connectivity index (χ1n) is 22.5. The van der Waals surface area contributed by atoms with Gasteiger partial charge in [-0.2, -0.15) is 0 Å². The molecule has 0 aliphatic heterocycles. The second-order valence-electron chi connectivity index (χ2n) is 19.1. The van der Waals surface area contributed by atoms with Crippen molar-refractivity contribution in [3.05, 3.63) is 209 Å². The second-order valence-corrected chi connectivity index (χ2v) is 19.1. The third-order valence-corrected chi connectivity index (χ3v) is 15.3. The van der Waals surface area contributed by atoms with Crippen molar-refractivity contribution in [1.29, 1.82) is 0 Å². The molecule has 0 radical (unpaired) electrons. The Hall–Kier alpha value is -6.44. The third-order valence-electron chi connectivity index (χ3n) is 15.3. The number of para-hydroxylation sites is 2. The molecule has 0 bridgehead atoms. The van der Waals surface area contributed by atoms with Crippen LogP contribution in [0.2, 0.25) is 0 Å². The number of hydrogen-bond acceptors (Lipinski definition) is 1. The maximum Gasteiger partial charge on any atom is 0.0540 e. The smallest absolute Gasteiger partial charge is 0.0540 e. The summed E-state index contributed by atoms with van der Waals surface area (Å²) in [5, 5.41) is 0. The van der Waals surface area contributed by atoms with Crippen molar-refractivity contribution in [1.82, 2.24) is 0 Å². The normalized spacial score (nSPS) is 16.6. The van der Waals surface area contributed by atoms with E-state index in [1.807, 2.05) is 0 Å². The lowest BCUT2D eigenvalue weighted by molar-refractivity contribution is 0.353. The molecule has 8 aromatic carbocycles. The average Bonchev–Trinajstić information content (AvgIpc) is 3.81. The molecule has 12 rings (SSSR count). The van der Waals surface area contributed by atoms with Crippen molar-refractivity contribution in [2.24, 2.45) is 0 Å². The predicted octanol–water partition coefficient (Wildman–Crippen LogP) is 16.3. The fourth-order valence-corrected chi connectivity index (χ4v) is 12.4. The van der Waals surface area contributed by atoms with Gasteiger partial charge in [0, 0.05) is 33.1 Å². The zero-order valence-corrected chi connectivity index (χ0v) is 35.7. The van der Waals surface area contributed by atoms with E-state index in [1.165, 1.54) is 138 Å². The molecule has 1 saturated carbocycles. The van der Waals surface area contributed by atoms with Crippen LogP contribution >= 0.6 is 0 Å². The largest absolute Gasteiger partial charge is 0.309 e. The molecule has 4 aliphatic carbocycles. The van der Waals surface area contributed by atoms with Gasteiger partial charge in [-0.25, -0.2) is 0 Å². The van der Waals surface area contributed by atoms with Gasteiger partial charge in [0.1, 0.15) is 0 Å². The maximum atomic E-state index is 2.58. The Balaban J connectivity index is 1.10. The van der Waals surface area contributed by atoms with Crippen molar-refractivity contribution in [3.63, 3.8) is 0 Å². The second kappa shape index (κ2) is 13.3. The zero-order chi connectivity index (χ0) is 41.1. The summed E-state index contributed by atoms with van der Waals surface area (Å²) in [6, 6.07) is 67.2. The standard InChI is InChI=1S/C60H51N/c1-58(2)50-26-12-7-21-43(50)48-37-39(31-34-51(48)58)41-19-9-14-29-55(41)61(40-32-33-44-42-20-6-11-25-49(42)59(3,4)54(44)38-40)56-30-15-10-22-45(56)46-24-18-28-53-57(46)47-23-8-13-27-52(47)60(53)35-16-5-17-36-60/h6-15,18-34,37-38H,5,16-17,35-36H2,1-4H3. The molecule has 4 aliphatic rings. The lowest BCUT2D eigenvalue weighted by Crippen LogP contribution is -2.27. The Labute approximate surface area is 361 Å². The molecule has 0 amide bonds. The average molecular weight is 786 g/mol. The quantitative estimate of drug-likeness (QED) is 0.168. The zero-order valence-electron chi connectivity index (χ0n) is 35.7. The first-order valence-corrected chi connectivity index (χ1v) is 22.5. The summed E-state index contributed by atoms with van der Waals surface area (Å²) in [5.74, 6) is 0. The third kappa shape index (κ3) is 5.13. The van der Waals surface area contributed by atoms with E-state index in [-0.39, 0.29) is 16.2 Å². The van der Waals surface area contributed by atoms with Gasteiger partial charge in [-0.1, -0.05) is 193 Å². The molecular weight excluding hydrogens is 735 g/mol. The lowest BCUT2D eigenvalue weighted by atomic mass is 9.68. The molecular formula is C60H51N. The minimum absolute atomic E-state index is 0.0471. The SMILES string of the molecule is CC1(C)c2ccccc2-c2cc(-c3ccccc3N(c3ccc4c(c3)C(C)(C)c3ccccc3-4)c3ccccc3-c3cccc4c3-c3ccccc3C43CCCCC3)ccc21. The van der Waals surface area contributed by atoms with Crippen LogP contribution in [0.4, 0.5) is 17.1 Å². The van der Waals surface area contributed by atoms with E-state index in [0.717, 1.165) is 0 Å². The van der Waals surface area contributed by atoms with Gasteiger partial charge < -0.3 is 4.90 Å². The molecule has 1 nitrogen and oxygen atoms in total. The van der Waals surface area contributed by atoms with Crippen molar-refractivity contribution in [2.75, 3.05) is 4.90 Å². The monoisotopic (exact) mass is 785 g/mol. The Morgan fingerprint density at radius 3 is 1.57 bits per heavy atom. The molecule has 0 N–H and O–H groups in total. The summed E-state index contributed by atoms with van der Waals surface area (Å²) >= 11 is 0. The Morgan fingerprint density at radius 2 is 0.852 bits per heavy atom. The summed E-state index contributed by atoms with van der Waals surface area (Å²) in [5.41, 5.74) is 25.3. The summed E-state index contributed by atoms with van der Waals surface area (Å²) in [7, 11) is 0. The Morgan fingerprint density at radius 1 is 0.344 bits per heavy atom. The van der Waals surface area contributed by atoms with Crippen LogP contribution in [0.15, 0.2) is 176 Å². The van der Waals surface area contributed by atoms with Crippen molar-refractivity contribution in [3.8, 4) is 55.6 Å². The molecule has 8 aromatic rings. The van der Waals surface area contributed by atoms with Crippen molar-refractivity contribution < 1.29 is 0 Å². The molecule has 0 saturated heterocycles. The number of fused-ring (bicyclic) bond motifs is 11.